The summed E-state index contributed by atoms with van der Waals surface area (Å²) in [6.45, 7) is 0. The van der Waals surface area contributed by atoms with Crippen LogP contribution in [0.25, 0.3) is 11.1 Å². The van der Waals surface area contributed by atoms with Crippen molar-refractivity contribution < 1.29 is 5.21 Å². The van der Waals surface area contributed by atoms with Gasteiger partial charge in [0.05, 0.1) is 9.50 Å². The Morgan fingerprint density at radius 2 is 1.89 bits per heavy atom. The normalized spacial score (nSPS) is 11.6. The van der Waals surface area contributed by atoms with Crippen molar-refractivity contribution in [2.45, 2.75) is 0 Å². The summed E-state index contributed by atoms with van der Waals surface area (Å²) in [5.41, 5.74) is 7.12. The molecule has 2 rings (SSSR count). The Labute approximate surface area is 128 Å². The molecule has 1 heterocycles. The lowest BCUT2D eigenvalue weighted by Gasteiger charge is -2.11. The molecule has 0 aliphatic rings. The molecule has 0 unspecified atom stereocenters. The SMILES string of the molecule is N/C(=N\O)c1nc(Cl)c(-c2ccccc2)c(Cl)c1Br. The van der Waals surface area contributed by atoms with E-state index in [4.69, 9.17) is 34.1 Å². The van der Waals surface area contributed by atoms with Gasteiger partial charge < -0.3 is 10.9 Å². The van der Waals surface area contributed by atoms with E-state index in [9.17, 15) is 0 Å². The molecular weight excluding hydrogens is 353 g/mol. The molecule has 2 aromatic rings. The molecule has 0 saturated carbocycles. The van der Waals surface area contributed by atoms with Crippen LogP contribution >= 0.6 is 39.1 Å². The maximum Gasteiger partial charge on any atom is 0.190 e. The van der Waals surface area contributed by atoms with Crippen LogP contribution in [0.1, 0.15) is 5.69 Å². The third-order valence-electron chi connectivity index (χ3n) is 2.45. The Balaban J connectivity index is 2.70. The average molecular weight is 361 g/mol. The number of aromatic nitrogens is 1. The second-order valence-corrected chi connectivity index (χ2v) is 5.13. The van der Waals surface area contributed by atoms with Gasteiger partial charge in [-0.1, -0.05) is 58.7 Å². The standard InChI is InChI=1S/C12H8BrCl2N3O/c13-8-9(14)7(6-4-2-1-3-5-6)11(15)17-10(8)12(16)18-19/h1-5,19H,(H2,16,18). The molecule has 0 atom stereocenters. The van der Waals surface area contributed by atoms with E-state index in [0.717, 1.165) is 5.56 Å². The molecule has 4 nitrogen and oxygen atoms in total. The summed E-state index contributed by atoms with van der Waals surface area (Å²) in [6, 6.07) is 9.36. The quantitative estimate of drug-likeness (QED) is 0.280. The lowest BCUT2D eigenvalue weighted by molar-refractivity contribution is 0.318. The lowest BCUT2D eigenvalue weighted by atomic mass is 10.1. The minimum atomic E-state index is -0.171. The molecular formula is C12H8BrCl2N3O. The van der Waals surface area contributed by atoms with Crippen LogP contribution in [0.15, 0.2) is 40.0 Å². The fourth-order valence-electron chi connectivity index (χ4n) is 1.58. The number of rotatable bonds is 2. The molecule has 3 N–H and O–H groups in total. The Bertz CT molecular complexity index is 647. The summed E-state index contributed by atoms with van der Waals surface area (Å²) < 4.78 is 0.424. The van der Waals surface area contributed by atoms with Gasteiger partial charge in [-0.05, 0) is 21.5 Å². The van der Waals surface area contributed by atoms with Crippen LogP contribution in [0.5, 0.6) is 0 Å². The Kier molecular flexibility index (Phi) is 4.29. The first-order chi connectivity index (χ1) is 9.06. The van der Waals surface area contributed by atoms with E-state index in [-0.39, 0.29) is 16.7 Å². The highest BCUT2D eigenvalue weighted by Crippen LogP contribution is 2.39. The molecule has 19 heavy (non-hydrogen) atoms. The second-order valence-electron chi connectivity index (χ2n) is 3.61. The van der Waals surface area contributed by atoms with Crippen molar-refractivity contribution in [1.82, 2.24) is 4.98 Å². The summed E-state index contributed by atoms with van der Waals surface area (Å²) in [5, 5.41) is 12.1. The van der Waals surface area contributed by atoms with Crippen molar-refractivity contribution in [2.24, 2.45) is 10.9 Å². The van der Waals surface area contributed by atoms with Crippen molar-refractivity contribution in [1.29, 1.82) is 0 Å². The number of halogens is 3. The second kappa shape index (κ2) is 5.77. The first-order valence-corrected chi connectivity index (χ1v) is 6.69. The maximum atomic E-state index is 8.70. The smallest absolute Gasteiger partial charge is 0.190 e. The number of nitrogens with zero attached hydrogens (tertiary/aromatic N) is 2. The predicted molar refractivity (Wildman–Crippen MR) is 79.9 cm³/mol. The van der Waals surface area contributed by atoms with Gasteiger partial charge in [0.2, 0.25) is 0 Å². The van der Waals surface area contributed by atoms with Gasteiger partial charge in [0.15, 0.2) is 5.84 Å². The van der Waals surface area contributed by atoms with Crippen molar-refractivity contribution in [3.63, 3.8) is 0 Å². The van der Waals surface area contributed by atoms with Crippen LogP contribution < -0.4 is 5.73 Å². The van der Waals surface area contributed by atoms with E-state index >= 15 is 0 Å². The number of hydrogen-bond acceptors (Lipinski definition) is 3. The Hall–Kier alpha value is -1.30. The molecule has 0 amide bonds. The number of nitrogens with two attached hydrogens (primary N) is 1. The number of hydrogen-bond donors (Lipinski definition) is 2. The van der Waals surface area contributed by atoms with Crippen molar-refractivity contribution >= 4 is 45.0 Å². The van der Waals surface area contributed by atoms with Crippen LogP contribution in [0.3, 0.4) is 0 Å². The molecule has 7 heteroatoms. The highest BCUT2D eigenvalue weighted by Gasteiger charge is 2.19. The fourth-order valence-corrected chi connectivity index (χ4v) is 2.69. The van der Waals surface area contributed by atoms with E-state index in [1.807, 2.05) is 30.3 Å². The van der Waals surface area contributed by atoms with Gasteiger partial charge in [-0.2, -0.15) is 0 Å². The zero-order chi connectivity index (χ0) is 14.0. The molecule has 0 fully saturated rings. The molecule has 0 bridgehead atoms. The molecule has 98 valence electrons. The molecule has 0 aliphatic carbocycles. The molecule has 0 aliphatic heterocycles. The molecule has 0 saturated heterocycles. The lowest BCUT2D eigenvalue weighted by Crippen LogP contribution is -2.16. The van der Waals surface area contributed by atoms with Crippen LogP contribution in [0.2, 0.25) is 10.2 Å². The van der Waals surface area contributed by atoms with Crippen LogP contribution in [0, 0.1) is 0 Å². The minimum Gasteiger partial charge on any atom is -0.409 e. The molecule has 1 aromatic heterocycles. The summed E-state index contributed by atoms with van der Waals surface area (Å²) in [6.07, 6.45) is 0. The van der Waals surface area contributed by atoms with Crippen LogP contribution in [-0.2, 0) is 0 Å². The summed E-state index contributed by atoms with van der Waals surface area (Å²) in [5.74, 6) is -0.171. The van der Waals surface area contributed by atoms with Gasteiger partial charge >= 0.3 is 0 Å². The molecule has 0 spiro atoms. The summed E-state index contributed by atoms with van der Waals surface area (Å²) in [7, 11) is 0. The number of benzene rings is 1. The third-order valence-corrected chi connectivity index (χ3v) is 4.10. The number of amidine groups is 1. The zero-order valence-electron chi connectivity index (χ0n) is 9.44. The number of pyridine rings is 1. The van der Waals surface area contributed by atoms with Gasteiger partial charge in [0, 0.05) is 5.56 Å². The molecule has 1 aromatic carbocycles. The molecule has 0 radical (unpaired) electrons. The highest BCUT2D eigenvalue weighted by atomic mass is 79.9. The topological polar surface area (TPSA) is 71.5 Å². The van der Waals surface area contributed by atoms with Crippen LogP contribution in [0.4, 0.5) is 0 Å². The highest BCUT2D eigenvalue weighted by molar-refractivity contribution is 9.10. The van der Waals surface area contributed by atoms with Crippen molar-refractivity contribution in [3.8, 4) is 11.1 Å². The third kappa shape index (κ3) is 2.68. The average Bonchev–Trinajstić information content (AvgIpc) is 2.43. The minimum absolute atomic E-state index is 0.171. The first-order valence-electron chi connectivity index (χ1n) is 5.14. The van der Waals surface area contributed by atoms with E-state index in [0.29, 0.717) is 15.1 Å². The monoisotopic (exact) mass is 359 g/mol. The zero-order valence-corrected chi connectivity index (χ0v) is 12.5. The van der Waals surface area contributed by atoms with Crippen LogP contribution in [-0.4, -0.2) is 16.0 Å². The van der Waals surface area contributed by atoms with Crippen molar-refractivity contribution in [2.75, 3.05) is 0 Å². The van der Waals surface area contributed by atoms with E-state index in [1.54, 1.807) is 0 Å². The van der Waals surface area contributed by atoms with E-state index in [1.165, 1.54) is 0 Å². The number of oxime groups is 1. The predicted octanol–water partition coefficient (Wildman–Crippen LogP) is 3.91. The van der Waals surface area contributed by atoms with E-state index in [2.05, 4.69) is 26.1 Å². The first kappa shape index (κ1) is 14.1. The van der Waals surface area contributed by atoms with E-state index < -0.39 is 0 Å². The van der Waals surface area contributed by atoms with Gasteiger partial charge in [-0.3, -0.25) is 0 Å². The largest absolute Gasteiger partial charge is 0.409 e. The summed E-state index contributed by atoms with van der Waals surface area (Å²) in [4.78, 5) is 4.10. The fraction of sp³-hybridized carbons (Fsp3) is 0. The maximum absolute atomic E-state index is 8.70. The van der Waals surface area contributed by atoms with Gasteiger partial charge in [-0.25, -0.2) is 4.98 Å². The van der Waals surface area contributed by atoms with Crippen molar-refractivity contribution in [3.05, 3.63) is 50.7 Å². The Morgan fingerprint density at radius 3 is 2.47 bits per heavy atom. The Morgan fingerprint density at radius 1 is 1.26 bits per heavy atom. The van der Waals surface area contributed by atoms with Gasteiger partial charge in [0.25, 0.3) is 0 Å². The van der Waals surface area contributed by atoms with Gasteiger partial charge in [-0.15, -0.1) is 0 Å². The van der Waals surface area contributed by atoms with Gasteiger partial charge in [0.1, 0.15) is 10.8 Å². The summed E-state index contributed by atoms with van der Waals surface area (Å²) >= 11 is 15.7.